The molecule has 2 atom stereocenters. The van der Waals surface area contributed by atoms with Gasteiger partial charge in [-0.25, -0.2) is 4.39 Å². The van der Waals surface area contributed by atoms with E-state index in [2.05, 4.69) is 4.98 Å². The zero-order valence-corrected chi connectivity index (χ0v) is 10.8. The van der Waals surface area contributed by atoms with Gasteiger partial charge in [0, 0.05) is 30.4 Å². The van der Waals surface area contributed by atoms with Gasteiger partial charge in [0.2, 0.25) is 0 Å². The molecule has 0 amide bonds. The van der Waals surface area contributed by atoms with Crippen molar-refractivity contribution in [3.8, 4) is 0 Å². The Morgan fingerprint density at radius 3 is 2.74 bits per heavy atom. The Kier molecular flexibility index (Phi) is 4.24. The maximum atomic E-state index is 14.0. The molecule has 2 unspecified atom stereocenters. The number of hydrogen-bond donors (Lipinski definition) is 2. The topological polar surface area (TPSA) is 59.1 Å². The van der Waals surface area contributed by atoms with Crippen LogP contribution >= 0.6 is 0 Å². The van der Waals surface area contributed by atoms with Crippen molar-refractivity contribution in [2.45, 2.75) is 18.9 Å². The fourth-order valence-corrected chi connectivity index (χ4v) is 2.16. The van der Waals surface area contributed by atoms with Gasteiger partial charge in [0.25, 0.3) is 0 Å². The number of aliphatic hydroxyl groups excluding tert-OH is 1. The number of aromatic nitrogens is 1. The first kappa shape index (κ1) is 13.6. The minimum atomic E-state index is -0.978. The van der Waals surface area contributed by atoms with E-state index in [1.807, 2.05) is 6.07 Å². The zero-order chi connectivity index (χ0) is 13.8. The van der Waals surface area contributed by atoms with Crippen LogP contribution in [0.4, 0.5) is 4.39 Å². The van der Waals surface area contributed by atoms with E-state index >= 15 is 0 Å². The largest absolute Gasteiger partial charge is 0.388 e. The van der Waals surface area contributed by atoms with E-state index in [9.17, 15) is 9.50 Å². The summed E-state index contributed by atoms with van der Waals surface area (Å²) in [4.78, 5) is 4.01. The monoisotopic (exact) mass is 260 g/mol. The number of halogens is 1. The Morgan fingerprint density at radius 2 is 2.11 bits per heavy atom. The van der Waals surface area contributed by atoms with Gasteiger partial charge in [-0.3, -0.25) is 4.98 Å². The first-order valence-corrected chi connectivity index (χ1v) is 6.18. The number of aryl methyl sites for hydroxylation is 1. The van der Waals surface area contributed by atoms with Crippen LogP contribution in [0.3, 0.4) is 0 Å². The van der Waals surface area contributed by atoms with Crippen LogP contribution in [-0.2, 0) is 0 Å². The summed E-state index contributed by atoms with van der Waals surface area (Å²) in [5, 5.41) is 10.4. The summed E-state index contributed by atoms with van der Waals surface area (Å²) in [6.45, 7) is 1.90. The van der Waals surface area contributed by atoms with Crippen LogP contribution < -0.4 is 5.73 Å². The lowest BCUT2D eigenvalue weighted by Gasteiger charge is -2.22. The highest BCUT2D eigenvalue weighted by molar-refractivity contribution is 5.30. The fourth-order valence-electron chi connectivity index (χ4n) is 2.16. The van der Waals surface area contributed by atoms with Crippen molar-refractivity contribution in [3.05, 3.63) is 65.2 Å². The number of aliphatic hydroxyl groups is 1. The van der Waals surface area contributed by atoms with Crippen molar-refractivity contribution in [2.24, 2.45) is 5.73 Å². The molecule has 4 heteroatoms. The number of benzene rings is 1. The summed E-state index contributed by atoms with van der Waals surface area (Å²) in [5.41, 5.74) is 7.31. The second-order valence-electron chi connectivity index (χ2n) is 4.55. The van der Waals surface area contributed by atoms with E-state index < -0.39 is 6.10 Å². The van der Waals surface area contributed by atoms with Crippen LogP contribution in [0.5, 0.6) is 0 Å². The van der Waals surface area contributed by atoms with Gasteiger partial charge >= 0.3 is 0 Å². The van der Waals surface area contributed by atoms with Crippen molar-refractivity contribution in [1.82, 2.24) is 4.98 Å². The number of nitrogens with two attached hydrogens (primary N) is 1. The third-order valence-electron chi connectivity index (χ3n) is 3.29. The Bertz CT molecular complexity index is 545. The third kappa shape index (κ3) is 2.80. The molecule has 0 spiro atoms. The molecule has 0 aliphatic rings. The van der Waals surface area contributed by atoms with Gasteiger partial charge in [0.1, 0.15) is 5.82 Å². The van der Waals surface area contributed by atoms with E-state index in [1.54, 1.807) is 43.6 Å². The fraction of sp³-hybridized carbons (Fsp3) is 0.267. The highest BCUT2D eigenvalue weighted by Crippen LogP contribution is 2.31. The second kappa shape index (κ2) is 5.91. The Morgan fingerprint density at radius 1 is 1.32 bits per heavy atom. The lowest BCUT2D eigenvalue weighted by Crippen LogP contribution is -2.21. The predicted molar refractivity (Wildman–Crippen MR) is 72.1 cm³/mol. The molecule has 3 N–H and O–H groups in total. The summed E-state index contributed by atoms with van der Waals surface area (Å²) in [7, 11) is 0. The van der Waals surface area contributed by atoms with Crippen LogP contribution in [0, 0.1) is 12.7 Å². The Balaban J connectivity index is 2.36. The summed E-state index contributed by atoms with van der Waals surface area (Å²) < 4.78 is 14.0. The molecule has 0 saturated carbocycles. The molecule has 2 aromatic rings. The molecule has 0 aliphatic carbocycles. The van der Waals surface area contributed by atoms with E-state index in [0.717, 1.165) is 5.56 Å². The van der Waals surface area contributed by atoms with Crippen LogP contribution in [0.1, 0.15) is 28.7 Å². The molecule has 0 bridgehead atoms. The van der Waals surface area contributed by atoms with Gasteiger partial charge in [-0.05, 0) is 24.1 Å². The van der Waals surface area contributed by atoms with Gasteiger partial charge < -0.3 is 10.8 Å². The minimum Gasteiger partial charge on any atom is -0.388 e. The maximum Gasteiger partial charge on any atom is 0.131 e. The lowest BCUT2D eigenvalue weighted by atomic mass is 9.89. The average Bonchev–Trinajstić information content (AvgIpc) is 2.44. The summed E-state index contributed by atoms with van der Waals surface area (Å²) in [5.74, 6) is -0.748. The van der Waals surface area contributed by atoms with Crippen molar-refractivity contribution in [2.75, 3.05) is 6.54 Å². The molecule has 2 rings (SSSR count). The zero-order valence-electron chi connectivity index (χ0n) is 10.8. The molecule has 0 aliphatic heterocycles. The van der Waals surface area contributed by atoms with Gasteiger partial charge in [0.05, 0.1) is 6.10 Å². The van der Waals surface area contributed by atoms with E-state index in [1.165, 1.54) is 0 Å². The van der Waals surface area contributed by atoms with Gasteiger partial charge in [-0.2, -0.15) is 0 Å². The van der Waals surface area contributed by atoms with Crippen molar-refractivity contribution < 1.29 is 9.50 Å². The van der Waals surface area contributed by atoms with Crippen LogP contribution in [-0.4, -0.2) is 16.6 Å². The summed E-state index contributed by atoms with van der Waals surface area (Å²) >= 11 is 0. The molecular weight excluding hydrogens is 243 g/mol. The van der Waals surface area contributed by atoms with Crippen molar-refractivity contribution in [1.29, 1.82) is 0 Å². The van der Waals surface area contributed by atoms with Crippen LogP contribution in [0.15, 0.2) is 42.7 Å². The SMILES string of the molecule is Cc1cccc(C(O)C(CN)c2cccnc2)c1F. The molecule has 0 radical (unpaired) electrons. The molecule has 0 saturated heterocycles. The number of rotatable bonds is 4. The number of pyridine rings is 1. The molecule has 0 fully saturated rings. The molecule has 1 aromatic carbocycles. The molecule has 3 nitrogen and oxygen atoms in total. The second-order valence-corrected chi connectivity index (χ2v) is 4.55. The Labute approximate surface area is 111 Å². The molecule has 19 heavy (non-hydrogen) atoms. The average molecular weight is 260 g/mol. The first-order valence-electron chi connectivity index (χ1n) is 6.18. The van der Waals surface area contributed by atoms with E-state index in [0.29, 0.717) is 5.56 Å². The van der Waals surface area contributed by atoms with Crippen molar-refractivity contribution in [3.63, 3.8) is 0 Å². The molecule has 1 aromatic heterocycles. The molecule has 100 valence electrons. The highest BCUT2D eigenvalue weighted by Gasteiger charge is 2.24. The predicted octanol–water partition coefficient (Wildman–Crippen LogP) is 2.31. The third-order valence-corrected chi connectivity index (χ3v) is 3.29. The van der Waals surface area contributed by atoms with E-state index in [4.69, 9.17) is 5.73 Å². The maximum absolute atomic E-state index is 14.0. The van der Waals surface area contributed by atoms with Gasteiger partial charge in [-0.1, -0.05) is 24.3 Å². The summed E-state index contributed by atoms with van der Waals surface area (Å²) in [6, 6.07) is 8.60. The standard InChI is InChI=1S/C15H17FN2O/c1-10-4-2-6-12(14(10)16)15(19)13(8-17)11-5-3-7-18-9-11/h2-7,9,13,15,19H,8,17H2,1H3. The summed E-state index contributed by atoms with van der Waals surface area (Å²) in [6.07, 6.45) is 2.32. The normalized spacial score (nSPS) is 14.1. The Hall–Kier alpha value is -1.78. The minimum absolute atomic E-state index is 0.222. The number of hydrogen-bond acceptors (Lipinski definition) is 3. The van der Waals surface area contributed by atoms with Crippen LogP contribution in [0.2, 0.25) is 0 Å². The first-order chi connectivity index (χ1) is 9.15. The molecular formula is C15H17FN2O. The van der Waals surface area contributed by atoms with Gasteiger partial charge in [0.15, 0.2) is 0 Å². The van der Waals surface area contributed by atoms with Crippen molar-refractivity contribution >= 4 is 0 Å². The number of nitrogens with zero attached hydrogens (tertiary/aromatic N) is 1. The quantitative estimate of drug-likeness (QED) is 0.886. The van der Waals surface area contributed by atoms with Crippen LogP contribution in [0.25, 0.3) is 0 Å². The lowest BCUT2D eigenvalue weighted by molar-refractivity contribution is 0.143. The van der Waals surface area contributed by atoms with Gasteiger partial charge in [-0.15, -0.1) is 0 Å². The smallest absolute Gasteiger partial charge is 0.131 e. The highest BCUT2D eigenvalue weighted by atomic mass is 19.1. The molecule has 1 heterocycles. The van der Waals surface area contributed by atoms with E-state index in [-0.39, 0.29) is 23.8 Å².